The van der Waals surface area contributed by atoms with Gasteiger partial charge in [-0.3, -0.25) is 4.79 Å². The second kappa shape index (κ2) is 3.29. The minimum Gasteiger partial charge on any atom is -0.359 e. The summed E-state index contributed by atoms with van der Waals surface area (Å²) in [4.78, 5) is 11.1. The Morgan fingerprint density at radius 3 is 2.46 bits per heavy atom. The van der Waals surface area contributed by atoms with Gasteiger partial charge in [0.2, 0.25) is 5.60 Å². The summed E-state index contributed by atoms with van der Waals surface area (Å²) in [5.74, 6) is -0.832. The fourth-order valence-corrected chi connectivity index (χ4v) is 1.62. The van der Waals surface area contributed by atoms with Crippen molar-refractivity contribution in [1.29, 1.82) is 0 Å². The van der Waals surface area contributed by atoms with Crippen molar-refractivity contribution in [3.63, 3.8) is 0 Å². The Labute approximate surface area is 74.1 Å². The van der Waals surface area contributed by atoms with Gasteiger partial charge >= 0.3 is 6.18 Å². The van der Waals surface area contributed by atoms with Crippen molar-refractivity contribution in [2.24, 2.45) is 0 Å². The van der Waals surface area contributed by atoms with E-state index in [1.54, 1.807) is 0 Å². The van der Waals surface area contributed by atoms with Gasteiger partial charge in [0.15, 0.2) is 5.78 Å². The van der Waals surface area contributed by atoms with Crippen LogP contribution in [0.3, 0.4) is 0 Å². The summed E-state index contributed by atoms with van der Waals surface area (Å²) in [5, 5.41) is 0. The summed E-state index contributed by atoms with van der Waals surface area (Å²) >= 11 is 0. The number of ketones is 1. The Kier molecular flexibility index (Phi) is 2.66. The van der Waals surface area contributed by atoms with Crippen molar-refractivity contribution >= 4 is 5.78 Å². The first-order valence-corrected chi connectivity index (χ1v) is 4.18. The van der Waals surface area contributed by atoms with Gasteiger partial charge in [0, 0.05) is 13.0 Å². The number of hydrogen-bond acceptors (Lipinski definition) is 2. The molecule has 13 heavy (non-hydrogen) atoms. The predicted molar refractivity (Wildman–Crippen MR) is 39.3 cm³/mol. The summed E-state index contributed by atoms with van der Waals surface area (Å²) in [6, 6.07) is 0. The molecule has 0 bridgehead atoms. The van der Waals surface area contributed by atoms with Gasteiger partial charge in [-0.1, -0.05) is 0 Å². The number of carbonyl (C=O) groups is 1. The second-order valence-electron chi connectivity index (χ2n) is 3.03. The van der Waals surface area contributed by atoms with E-state index >= 15 is 0 Å². The summed E-state index contributed by atoms with van der Waals surface area (Å²) in [5.41, 5.74) is -2.50. The molecule has 1 aliphatic carbocycles. The first kappa shape index (κ1) is 10.5. The molecule has 1 rings (SSSR count). The molecule has 0 spiro atoms. The Hall–Kier alpha value is -0.580. The highest BCUT2D eigenvalue weighted by molar-refractivity contribution is 5.90. The third-order valence-electron chi connectivity index (χ3n) is 2.23. The maximum atomic E-state index is 12.5. The quantitative estimate of drug-likeness (QED) is 0.675. The van der Waals surface area contributed by atoms with Crippen LogP contribution in [-0.2, 0) is 9.53 Å². The zero-order chi connectivity index (χ0) is 10.1. The molecular weight excluding hydrogens is 185 g/mol. The topological polar surface area (TPSA) is 26.3 Å². The van der Waals surface area contributed by atoms with Crippen molar-refractivity contribution in [2.45, 2.75) is 38.0 Å². The molecule has 0 aromatic rings. The molecule has 0 aliphatic heterocycles. The van der Waals surface area contributed by atoms with E-state index < -0.39 is 17.6 Å². The first-order chi connectivity index (χ1) is 5.94. The number of alkyl halides is 3. The van der Waals surface area contributed by atoms with Gasteiger partial charge in [-0.15, -0.1) is 0 Å². The Morgan fingerprint density at radius 1 is 1.54 bits per heavy atom. The zero-order valence-corrected chi connectivity index (χ0v) is 7.28. The molecule has 0 aromatic heterocycles. The van der Waals surface area contributed by atoms with Crippen LogP contribution >= 0.6 is 0 Å². The molecule has 0 unspecified atom stereocenters. The average Bonchev–Trinajstić information content (AvgIpc) is 2.33. The molecule has 0 amide bonds. The van der Waals surface area contributed by atoms with Crippen molar-refractivity contribution in [1.82, 2.24) is 0 Å². The number of carbonyl (C=O) groups excluding carboxylic acids is 1. The summed E-state index contributed by atoms with van der Waals surface area (Å²) < 4.78 is 42.1. The van der Waals surface area contributed by atoms with Crippen molar-refractivity contribution < 1.29 is 22.7 Å². The molecule has 0 saturated heterocycles. The second-order valence-corrected chi connectivity index (χ2v) is 3.03. The Morgan fingerprint density at radius 2 is 2.15 bits per heavy atom. The molecular formula is C8H11F3O2. The first-order valence-electron chi connectivity index (χ1n) is 4.18. The van der Waals surface area contributed by atoms with Crippen LogP contribution in [0.4, 0.5) is 13.2 Å². The van der Waals surface area contributed by atoms with Crippen LogP contribution in [0.1, 0.15) is 26.2 Å². The third-order valence-corrected chi connectivity index (χ3v) is 2.23. The van der Waals surface area contributed by atoms with Crippen LogP contribution in [0.2, 0.25) is 0 Å². The molecule has 1 aliphatic rings. The number of rotatable bonds is 2. The van der Waals surface area contributed by atoms with Gasteiger partial charge in [0.25, 0.3) is 0 Å². The van der Waals surface area contributed by atoms with Crippen molar-refractivity contribution in [3.8, 4) is 0 Å². The van der Waals surface area contributed by atoms with Gasteiger partial charge < -0.3 is 4.74 Å². The Balaban J connectivity index is 2.93. The lowest BCUT2D eigenvalue weighted by molar-refractivity contribution is -0.261. The van der Waals surface area contributed by atoms with Gasteiger partial charge in [-0.25, -0.2) is 0 Å². The highest BCUT2D eigenvalue weighted by Gasteiger charge is 2.62. The van der Waals surface area contributed by atoms with Crippen molar-refractivity contribution in [2.75, 3.05) is 6.61 Å². The normalized spacial score (nSPS) is 29.7. The van der Waals surface area contributed by atoms with Gasteiger partial charge in [0.05, 0.1) is 0 Å². The molecule has 76 valence electrons. The average molecular weight is 196 g/mol. The molecule has 1 fully saturated rings. The molecule has 0 N–H and O–H groups in total. The standard InChI is InChI=1S/C8H11F3O2/c1-2-13-7(8(9,10)11)5-3-4-6(7)12/h2-5H2,1H3/t7-/m0/s1. The number of ether oxygens (including phenoxy) is 1. The molecule has 1 saturated carbocycles. The van der Waals surface area contributed by atoms with Gasteiger partial charge in [-0.2, -0.15) is 13.2 Å². The maximum absolute atomic E-state index is 12.5. The monoisotopic (exact) mass is 196 g/mol. The van der Waals surface area contributed by atoms with E-state index in [1.165, 1.54) is 6.92 Å². The van der Waals surface area contributed by atoms with E-state index in [4.69, 9.17) is 0 Å². The van der Waals surface area contributed by atoms with E-state index in [0.29, 0.717) is 0 Å². The largest absolute Gasteiger partial charge is 0.424 e. The van der Waals surface area contributed by atoms with Gasteiger partial charge in [-0.05, 0) is 19.8 Å². The lowest BCUT2D eigenvalue weighted by atomic mass is 10.0. The molecule has 0 heterocycles. The fraction of sp³-hybridized carbons (Fsp3) is 0.875. The maximum Gasteiger partial charge on any atom is 0.424 e. The third kappa shape index (κ3) is 1.57. The summed E-state index contributed by atoms with van der Waals surface area (Å²) in [6.07, 6.45) is -4.57. The lowest BCUT2D eigenvalue weighted by Crippen LogP contribution is -2.51. The number of hydrogen-bond donors (Lipinski definition) is 0. The van der Waals surface area contributed by atoms with Crippen LogP contribution < -0.4 is 0 Å². The van der Waals surface area contributed by atoms with Crippen LogP contribution in [-0.4, -0.2) is 24.2 Å². The van der Waals surface area contributed by atoms with E-state index in [-0.39, 0.29) is 25.9 Å². The number of Topliss-reactive ketones (excluding diaryl/α,β-unsaturated/α-hetero) is 1. The smallest absolute Gasteiger partial charge is 0.359 e. The molecule has 5 heteroatoms. The number of halogens is 3. The van der Waals surface area contributed by atoms with E-state index in [9.17, 15) is 18.0 Å². The summed E-state index contributed by atoms with van der Waals surface area (Å²) in [7, 11) is 0. The summed E-state index contributed by atoms with van der Waals surface area (Å²) in [6.45, 7) is 1.37. The van der Waals surface area contributed by atoms with Crippen LogP contribution in [0, 0.1) is 0 Å². The highest BCUT2D eigenvalue weighted by Crippen LogP contribution is 2.43. The van der Waals surface area contributed by atoms with E-state index in [1.807, 2.05) is 0 Å². The van der Waals surface area contributed by atoms with Gasteiger partial charge in [0.1, 0.15) is 0 Å². The minimum absolute atomic E-state index is 0.0283. The van der Waals surface area contributed by atoms with E-state index in [0.717, 1.165) is 0 Å². The minimum atomic E-state index is -4.57. The molecule has 0 radical (unpaired) electrons. The molecule has 1 atom stereocenters. The Bertz CT molecular complexity index is 212. The zero-order valence-electron chi connectivity index (χ0n) is 7.28. The van der Waals surface area contributed by atoms with Crippen molar-refractivity contribution in [3.05, 3.63) is 0 Å². The van der Waals surface area contributed by atoms with E-state index in [2.05, 4.69) is 4.74 Å². The van der Waals surface area contributed by atoms with Crippen LogP contribution in [0.15, 0.2) is 0 Å². The lowest BCUT2D eigenvalue weighted by Gasteiger charge is -2.29. The molecule has 2 nitrogen and oxygen atoms in total. The molecule has 0 aromatic carbocycles. The fourth-order valence-electron chi connectivity index (χ4n) is 1.62. The highest BCUT2D eigenvalue weighted by atomic mass is 19.4. The van der Waals surface area contributed by atoms with Crippen LogP contribution in [0.25, 0.3) is 0 Å². The predicted octanol–water partition coefficient (Wildman–Crippen LogP) is 2.08. The van der Waals surface area contributed by atoms with Crippen LogP contribution in [0.5, 0.6) is 0 Å². The SMILES string of the molecule is CCO[C@@]1(C(F)(F)F)CCCC1=O.